The summed E-state index contributed by atoms with van der Waals surface area (Å²) in [6.07, 6.45) is 5.69. The van der Waals surface area contributed by atoms with E-state index in [9.17, 15) is 4.79 Å². The van der Waals surface area contributed by atoms with Crippen molar-refractivity contribution in [1.29, 1.82) is 0 Å². The van der Waals surface area contributed by atoms with E-state index in [1.807, 2.05) is 12.3 Å². The number of nitrogens with zero attached hydrogens (tertiary/aromatic N) is 1. The predicted octanol–water partition coefficient (Wildman–Crippen LogP) is 1.23. The Morgan fingerprint density at radius 2 is 2.23 bits per heavy atom. The van der Waals surface area contributed by atoms with Crippen LogP contribution < -0.4 is 5.73 Å². The third kappa shape index (κ3) is 1.41. The quantitative estimate of drug-likeness (QED) is 0.736. The molecule has 0 spiro atoms. The molecule has 1 aliphatic rings. The van der Waals surface area contributed by atoms with Crippen LogP contribution in [0.1, 0.15) is 35.7 Å². The summed E-state index contributed by atoms with van der Waals surface area (Å²) in [5.74, 6) is -0.404. The van der Waals surface area contributed by atoms with Gasteiger partial charge < -0.3 is 5.73 Å². The molecule has 1 saturated carbocycles. The van der Waals surface area contributed by atoms with Crippen molar-refractivity contribution in [2.24, 2.45) is 5.73 Å². The Hall–Kier alpha value is -1.38. The molecular weight excluding hydrogens is 164 g/mol. The fraction of sp³-hybridized carbons (Fsp3) is 0.400. The molecule has 1 aromatic heterocycles. The molecule has 0 atom stereocenters. The second-order valence-corrected chi connectivity index (χ2v) is 3.89. The zero-order valence-electron chi connectivity index (χ0n) is 7.58. The molecule has 0 saturated heterocycles. The summed E-state index contributed by atoms with van der Waals surface area (Å²) in [4.78, 5) is 14.9. The van der Waals surface area contributed by atoms with Crippen LogP contribution >= 0.6 is 0 Å². The van der Waals surface area contributed by atoms with Gasteiger partial charge in [-0.2, -0.15) is 0 Å². The molecule has 0 radical (unpaired) electrons. The molecule has 0 bridgehead atoms. The fourth-order valence-electron chi connectivity index (χ4n) is 1.38. The minimum absolute atomic E-state index is 0.248. The molecule has 1 aliphatic carbocycles. The van der Waals surface area contributed by atoms with Gasteiger partial charge in [0.2, 0.25) is 5.91 Å². The van der Waals surface area contributed by atoms with Crippen molar-refractivity contribution in [1.82, 2.24) is 4.98 Å². The van der Waals surface area contributed by atoms with E-state index in [1.54, 1.807) is 0 Å². The molecule has 3 heteroatoms. The van der Waals surface area contributed by atoms with E-state index in [4.69, 9.17) is 5.73 Å². The Morgan fingerprint density at radius 1 is 1.54 bits per heavy atom. The maximum Gasteiger partial charge on any atom is 0.250 e. The molecule has 3 nitrogen and oxygen atoms in total. The molecule has 2 N–H and O–H groups in total. The summed E-state index contributed by atoms with van der Waals surface area (Å²) in [5, 5.41) is 0. The Balaban J connectivity index is 2.38. The Morgan fingerprint density at radius 3 is 2.77 bits per heavy atom. The number of hydrogen-bond acceptors (Lipinski definition) is 2. The normalized spacial score (nSPS) is 18.2. The minimum atomic E-state index is -0.404. The first-order valence-corrected chi connectivity index (χ1v) is 4.37. The summed E-state index contributed by atoms with van der Waals surface area (Å²) in [6, 6.07) is 1.85. The molecule has 1 aromatic rings. The van der Waals surface area contributed by atoms with Crippen LogP contribution in [0.25, 0.3) is 0 Å². The molecule has 0 aromatic carbocycles. The number of amides is 1. The summed E-state index contributed by atoms with van der Waals surface area (Å²) in [5.41, 5.74) is 7.05. The van der Waals surface area contributed by atoms with Gasteiger partial charge in [0.25, 0.3) is 0 Å². The van der Waals surface area contributed by atoms with E-state index < -0.39 is 5.91 Å². The first-order chi connectivity index (χ1) is 6.12. The van der Waals surface area contributed by atoms with Gasteiger partial charge >= 0.3 is 0 Å². The second-order valence-electron chi connectivity index (χ2n) is 3.89. The zero-order chi connectivity index (χ0) is 9.47. The van der Waals surface area contributed by atoms with E-state index in [2.05, 4.69) is 11.9 Å². The summed E-state index contributed by atoms with van der Waals surface area (Å²) in [6.45, 7) is 2.18. The summed E-state index contributed by atoms with van der Waals surface area (Å²) in [7, 11) is 0. The van der Waals surface area contributed by atoms with Crippen LogP contribution in [-0.4, -0.2) is 10.9 Å². The van der Waals surface area contributed by atoms with Crippen LogP contribution in [0.4, 0.5) is 0 Å². The van der Waals surface area contributed by atoms with Crippen molar-refractivity contribution in [2.75, 3.05) is 0 Å². The number of aromatic nitrogens is 1. The molecule has 0 aliphatic heterocycles. The van der Waals surface area contributed by atoms with Crippen LogP contribution in [0.5, 0.6) is 0 Å². The Bertz CT molecular complexity index is 356. The highest BCUT2D eigenvalue weighted by Gasteiger charge is 2.39. The highest BCUT2D eigenvalue weighted by Crippen LogP contribution is 2.47. The van der Waals surface area contributed by atoms with Gasteiger partial charge in [0, 0.05) is 12.4 Å². The molecule has 13 heavy (non-hydrogen) atoms. The van der Waals surface area contributed by atoms with Gasteiger partial charge in [-0.3, -0.25) is 9.78 Å². The fourth-order valence-corrected chi connectivity index (χ4v) is 1.38. The van der Waals surface area contributed by atoms with E-state index in [0.29, 0.717) is 5.56 Å². The van der Waals surface area contributed by atoms with Crippen molar-refractivity contribution in [3.63, 3.8) is 0 Å². The van der Waals surface area contributed by atoms with Crippen molar-refractivity contribution in [3.8, 4) is 0 Å². The molecular formula is C10H12N2O. The van der Waals surface area contributed by atoms with E-state index in [0.717, 1.165) is 5.56 Å². The van der Waals surface area contributed by atoms with Gasteiger partial charge in [0.1, 0.15) is 0 Å². The number of rotatable bonds is 2. The SMILES string of the molecule is CC1(c2cncc(C(N)=O)c2)CC1. The van der Waals surface area contributed by atoms with Crippen LogP contribution in [0.2, 0.25) is 0 Å². The average Bonchev–Trinajstić information content (AvgIpc) is 2.85. The van der Waals surface area contributed by atoms with Gasteiger partial charge in [-0.15, -0.1) is 0 Å². The van der Waals surface area contributed by atoms with Crippen molar-refractivity contribution >= 4 is 5.91 Å². The third-order valence-corrected chi connectivity index (χ3v) is 2.72. The van der Waals surface area contributed by atoms with Crippen molar-refractivity contribution < 1.29 is 4.79 Å². The number of carbonyl (C=O) groups is 1. The lowest BCUT2D eigenvalue weighted by Crippen LogP contribution is -2.13. The van der Waals surface area contributed by atoms with Gasteiger partial charge in [-0.05, 0) is 29.9 Å². The molecule has 1 heterocycles. The number of primary amides is 1. The minimum Gasteiger partial charge on any atom is -0.366 e. The Labute approximate surface area is 77.0 Å². The topological polar surface area (TPSA) is 56.0 Å². The molecule has 68 valence electrons. The molecule has 1 amide bonds. The average molecular weight is 176 g/mol. The van der Waals surface area contributed by atoms with E-state index in [-0.39, 0.29) is 5.41 Å². The lowest BCUT2D eigenvalue weighted by molar-refractivity contribution is 0.1000. The number of hydrogen-bond donors (Lipinski definition) is 1. The second kappa shape index (κ2) is 2.55. The first kappa shape index (κ1) is 8.23. The first-order valence-electron chi connectivity index (χ1n) is 4.37. The van der Waals surface area contributed by atoms with Crippen molar-refractivity contribution in [2.45, 2.75) is 25.2 Å². The van der Waals surface area contributed by atoms with Gasteiger partial charge in [0.15, 0.2) is 0 Å². The lowest BCUT2D eigenvalue weighted by atomic mass is 9.99. The summed E-state index contributed by atoms with van der Waals surface area (Å²) < 4.78 is 0. The van der Waals surface area contributed by atoms with Crippen LogP contribution in [-0.2, 0) is 5.41 Å². The molecule has 2 rings (SSSR count). The Kier molecular flexibility index (Phi) is 1.62. The maximum atomic E-state index is 10.9. The van der Waals surface area contributed by atoms with Crippen LogP contribution in [0.15, 0.2) is 18.5 Å². The maximum absolute atomic E-state index is 10.9. The highest BCUT2D eigenvalue weighted by atomic mass is 16.1. The number of pyridine rings is 1. The molecule has 1 fully saturated rings. The number of carbonyl (C=O) groups excluding carboxylic acids is 1. The summed E-state index contributed by atoms with van der Waals surface area (Å²) >= 11 is 0. The lowest BCUT2D eigenvalue weighted by Gasteiger charge is -2.08. The van der Waals surface area contributed by atoms with Crippen molar-refractivity contribution in [3.05, 3.63) is 29.6 Å². The smallest absolute Gasteiger partial charge is 0.250 e. The van der Waals surface area contributed by atoms with Gasteiger partial charge in [0.05, 0.1) is 5.56 Å². The van der Waals surface area contributed by atoms with E-state index in [1.165, 1.54) is 19.0 Å². The zero-order valence-corrected chi connectivity index (χ0v) is 7.58. The van der Waals surface area contributed by atoms with Crippen LogP contribution in [0, 0.1) is 0 Å². The van der Waals surface area contributed by atoms with Crippen LogP contribution in [0.3, 0.4) is 0 Å². The number of nitrogens with two attached hydrogens (primary N) is 1. The van der Waals surface area contributed by atoms with Gasteiger partial charge in [-0.1, -0.05) is 6.92 Å². The standard InChI is InChI=1S/C10H12N2O/c1-10(2-3-10)8-4-7(9(11)13)5-12-6-8/h4-6H,2-3H2,1H3,(H2,11,13). The highest BCUT2D eigenvalue weighted by molar-refractivity contribution is 5.92. The largest absolute Gasteiger partial charge is 0.366 e. The van der Waals surface area contributed by atoms with Gasteiger partial charge in [-0.25, -0.2) is 0 Å². The predicted molar refractivity (Wildman–Crippen MR) is 49.3 cm³/mol. The van der Waals surface area contributed by atoms with E-state index >= 15 is 0 Å². The third-order valence-electron chi connectivity index (χ3n) is 2.72. The monoisotopic (exact) mass is 176 g/mol. The molecule has 0 unspecified atom stereocenters.